The summed E-state index contributed by atoms with van der Waals surface area (Å²) in [5, 5.41) is 15.1. The van der Waals surface area contributed by atoms with E-state index in [1.807, 2.05) is 12.3 Å². The number of fused-ring (bicyclic) bond motifs is 3. The number of hydrogen-bond acceptors (Lipinski definition) is 3. The van der Waals surface area contributed by atoms with Gasteiger partial charge >= 0.3 is 126 Å². The van der Waals surface area contributed by atoms with Gasteiger partial charge in [0, 0.05) is 26.2 Å². The van der Waals surface area contributed by atoms with Crippen molar-refractivity contribution < 1.29 is 30.0 Å². The molecule has 0 fully saturated rings. The van der Waals surface area contributed by atoms with Gasteiger partial charge in [0.15, 0.2) is 5.78 Å². The standard InChI is InChI=1S/C19H14GeN.C5H8O2.Ir/c1-20(2)15-9-5-8-13-12-6-3-4-7-14(12)19-18(17(13)15)16(20)10-11-21-19;1-4(6)3-5(2)7;/h3-6,8-11H,1-2H3;3,6H,1-2H3;/q-1;;/b;4-3-;. The summed E-state index contributed by atoms with van der Waals surface area (Å²) in [4.78, 5) is 14.7. The molecule has 29 heavy (non-hydrogen) atoms. The van der Waals surface area contributed by atoms with E-state index in [4.69, 9.17) is 10.1 Å². The van der Waals surface area contributed by atoms with Crippen LogP contribution in [0.5, 0.6) is 0 Å². The van der Waals surface area contributed by atoms with E-state index < -0.39 is 13.3 Å². The predicted molar refractivity (Wildman–Crippen MR) is 119 cm³/mol. The third-order valence-corrected chi connectivity index (χ3v) is 12.8. The van der Waals surface area contributed by atoms with Crippen LogP contribution in [0.4, 0.5) is 0 Å². The summed E-state index contributed by atoms with van der Waals surface area (Å²) < 4.78 is 3.18. The van der Waals surface area contributed by atoms with Crippen molar-refractivity contribution in [3.05, 3.63) is 66.6 Å². The van der Waals surface area contributed by atoms with Crippen LogP contribution in [-0.2, 0) is 24.9 Å². The molecular formula is C24H22GeIrNO2-. The molecule has 0 unspecified atom stereocenters. The van der Waals surface area contributed by atoms with Crippen molar-refractivity contribution in [2.75, 3.05) is 0 Å². The van der Waals surface area contributed by atoms with Crippen molar-refractivity contribution in [3.8, 4) is 0 Å². The first-order valence-corrected chi connectivity index (χ1v) is 15.6. The average Bonchev–Trinajstić information content (AvgIpc) is 2.89. The summed E-state index contributed by atoms with van der Waals surface area (Å²) in [5.74, 6) is 4.93. The Hall–Kier alpha value is -2.01. The molecule has 5 heteroatoms. The SMILES string of the molecule is CC(=O)/C=C(/C)O.[CH3][Ge]1([CH3])[c]2cccc3c4ccc[c-]c4c4ncc[c]1c4c23.[Ir]. The molecule has 0 amide bonds. The van der Waals surface area contributed by atoms with Crippen molar-refractivity contribution >= 4 is 60.3 Å². The topological polar surface area (TPSA) is 50.2 Å². The Bertz CT molecular complexity index is 1210. The minimum absolute atomic E-state index is 0. The summed E-state index contributed by atoms with van der Waals surface area (Å²) in [7, 11) is 0. The zero-order valence-corrected chi connectivity index (χ0v) is 21.3. The first-order chi connectivity index (χ1) is 13.3. The Morgan fingerprint density at radius 3 is 2.38 bits per heavy atom. The maximum Gasteiger partial charge on any atom is 0 e. The molecule has 0 spiro atoms. The fourth-order valence-corrected chi connectivity index (χ4v) is 10.7. The fourth-order valence-electron chi connectivity index (χ4n) is 4.29. The second kappa shape index (κ2) is 8.02. The Kier molecular flexibility index (Phi) is 6.00. The van der Waals surface area contributed by atoms with Gasteiger partial charge in [-0.3, -0.25) is 4.79 Å². The first kappa shape index (κ1) is 21.7. The van der Waals surface area contributed by atoms with Crippen LogP contribution in [0, 0.1) is 6.07 Å². The number of aromatic nitrogens is 1. The van der Waals surface area contributed by atoms with Crippen molar-refractivity contribution in [1.82, 2.24) is 4.98 Å². The summed E-state index contributed by atoms with van der Waals surface area (Å²) >= 11 is -2.17. The van der Waals surface area contributed by atoms with Gasteiger partial charge in [-0.1, -0.05) is 0 Å². The number of rotatable bonds is 1. The number of carbonyl (C=O) groups excluding carboxylic acids is 1. The number of benzene rings is 3. The molecule has 0 saturated carbocycles. The number of carbonyl (C=O) groups is 1. The Morgan fingerprint density at radius 2 is 1.72 bits per heavy atom. The molecule has 0 saturated heterocycles. The monoisotopic (exact) mass is 623 g/mol. The van der Waals surface area contributed by atoms with Gasteiger partial charge in [0.05, 0.1) is 5.76 Å². The van der Waals surface area contributed by atoms with Gasteiger partial charge in [-0.2, -0.15) is 0 Å². The van der Waals surface area contributed by atoms with Crippen LogP contribution in [0.1, 0.15) is 13.8 Å². The molecule has 0 bridgehead atoms. The molecule has 2 heterocycles. The minimum Gasteiger partial charge on any atom is 0 e. The molecule has 1 radical (unpaired) electrons. The van der Waals surface area contributed by atoms with Crippen LogP contribution in [0.15, 0.2) is 60.5 Å². The van der Waals surface area contributed by atoms with E-state index in [0.29, 0.717) is 0 Å². The number of allylic oxidation sites excluding steroid dienone is 2. The van der Waals surface area contributed by atoms with Gasteiger partial charge in [0.25, 0.3) is 0 Å². The van der Waals surface area contributed by atoms with Crippen LogP contribution in [0.3, 0.4) is 0 Å². The average molecular weight is 621 g/mol. The number of nitrogens with zero attached hydrogens (tertiary/aromatic N) is 1. The third kappa shape index (κ3) is 3.54. The minimum atomic E-state index is -2.17. The van der Waals surface area contributed by atoms with E-state index in [1.54, 1.807) is 8.79 Å². The molecule has 1 aromatic heterocycles. The van der Waals surface area contributed by atoms with Crippen LogP contribution in [0.25, 0.3) is 32.4 Å². The number of pyridine rings is 1. The summed E-state index contributed by atoms with van der Waals surface area (Å²) in [5.41, 5.74) is 1.14. The third-order valence-electron chi connectivity index (χ3n) is 5.41. The molecule has 0 atom stereocenters. The molecule has 1 aliphatic heterocycles. The smallest absolute Gasteiger partial charge is 0 e. The van der Waals surface area contributed by atoms with Crippen LogP contribution >= 0.6 is 0 Å². The van der Waals surface area contributed by atoms with E-state index >= 15 is 0 Å². The summed E-state index contributed by atoms with van der Waals surface area (Å²) in [6, 6.07) is 18.8. The molecule has 149 valence electrons. The molecular weight excluding hydrogens is 599 g/mol. The van der Waals surface area contributed by atoms with Crippen molar-refractivity contribution in [3.63, 3.8) is 0 Å². The molecule has 3 nitrogen and oxygen atoms in total. The normalized spacial score (nSPS) is 14.0. The van der Waals surface area contributed by atoms with Gasteiger partial charge in [-0.15, -0.1) is 0 Å². The maximum atomic E-state index is 10.0. The second-order valence-corrected chi connectivity index (χ2v) is 16.9. The van der Waals surface area contributed by atoms with Gasteiger partial charge < -0.3 is 5.11 Å². The van der Waals surface area contributed by atoms with E-state index in [0.717, 1.165) is 5.52 Å². The molecule has 5 rings (SSSR count). The van der Waals surface area contributed by atoms with Gasteiger partial charge in [0.1, 0.15) is 0 Å². The molecule has 1 N–H and O–H groups in total. The van der Waals surface area contributed by atoms with Crippen LogP contribution in [0.2, 0.25) is 11.5 Å². The number of aliphatic hydroxyl groups is 1. The van der Waals surface area contributed by atoms with E-state index in [9.17, 15) is 4.79 Å². The number of hydrogen-bond donors (Lipinski definition) is 1. The predicted octanol–water partition coefficient (Wildman–Crippen LogP) is 4.51. The zero-order valence-electron chi connectivity index (χ0n) is 16.8. The second-order valence-electron chi connectivity index (χ2n) is 7.79. The van der Waals surface area contributed by atoms with Gasteiger partial charge in [-0.05, 0) is 13.8 Å². The Balaban J connectivity index is 0.000000263. The van der Waals surface area contributed by atoms with Crippen molar-refractivity contribution in [2.24, 2.45) is 0 Å². The largest absolute Gasteiger partial charge is 0 e. The fraction of sp³-hybridized carbons (Fsp3) is 0.167. The van der Waals surface area contributed by atoms with E-state index in [2.05, 4.69) is 54.0 Å². The van der Waals surface area contributed by atoms with E-state index in [-0.39, 0.29) is 31.6 Å². The Morgan fingerprint density at radius 1 is 1.03 bits per heavy atom. The van der Waals surface area contributed by atoms with Crippen LogP contribution in [-0.4, -0.2) is 29.1 Å². The first-order valence-electron chi connectivity index (χ1n) is 9.35. The molecule has 4 aromatic rings. The van der Waals surface area contributed by atoms with E-state index in [1.165, 1.54) is 46.9 Å². The quantitative estimate of drug-likeness (QED) is 0.112. The summed E-state index contributed by atoms with van der Waals surface area (Å²) in [6.45, 7) is 2.85. The zero-order chi connectivity index (χ0) is 20.1. The number of aliphatic hydroxyl groups excluding tert-OH is 1. The maximum absolute atomic E-state index is 10.0. The molecule has 0 aliphatic carbocycles. The summed E-state index contributed by atoms with van der Waals surface area (Å²) in [6.07, 6.45) is 3.16. The molecule has 3 aromatic carbocycles. The number of ketones is 1. The van der Waals surface area contributed by atoms with Gasteiger partial charge in [-0.25, -0.2) is 0 Å². The van der Waals surface area contributed by atoms with Gasteiger partial charge in [0.2, 0.25) is 0 Å². The van der Waals surface area contributed by atoms with Crippen LogP contribution < -0.4 is 8.79 Å². The van der Waals surface area contributed by atoms with Crippen molar-refractivity contribution in [1.29, 1.82) is 0 Å². The molecule has 1 aliphatic rings. The Labute approximate surface area is 186 Å². The van der Waals surface area contributed by atoms with Crippen molar-refractivity contribution in [2.45, 2.75) is 25.4 Å².